The highest BCUT2D eigenvalue weighted by atomic mass is 32.2. The third-order valence-electron chi connectivity index (χ3n) is 6.41. The minimum Gasteiger partial charge on any atom is -0.488 e. The van der Waals surface area contributed by atoms with Crippen LogP contribution in [0.4, 0.5) is 5.69 Å². The second kappa shape index (κ2) is 11.9. The minimum atomic E-state index is -3.44. The lowest BCUT2D eigenvalue weighted by Crippen LogP contribution is -2.48. The van der Waals surface area contributed by atoms with Crippen LogP contribution in [0.25, 0.3) is 0 Å². The van der Waals surface area contributed by atoms with Crippen molar-refractivity contribution in [1.82, 2.24) is 9.21 Å². The highest BCUT2D eigenvalue weighted by molar-refractivity contribution is 7.88. The Hall–Kier alpha value is -2.95. The first-order valence-electron chi connectivity index (χ1n) is 11.9. The number of aliphatic hydroxyl groups is 1. The molecule has 0 radical (unpaired) electrons. The number of rotatable bonds is 8. The van der Waals surface area contributed by atoms with Crippen LogP contribution in [0.2, 0.25) is 0 Å². The standard InChI is InChI=1S/C26H35N3O6S/c1-18-15-29(19(2)17-30)26(32)14-21-13-22(27-25(31)12-20-8-6-5-7-9-20)10-11-23(21)35-24(18)16-28(3)36(4,33)34/h5-11,13,18-19,24,30H,12,14-17H2,1-4H3,(H,27,31)/t18-,19-,24-/m1/s1. The van der Waals surface area contributed by atoms with E-state index in [9.17, 15) is 23.1 Å². The highest BCUT2D eigenvalue weighted by Gasteiger charge is 2.32. The number of carbonyl (C=O) groups is 2. The molecule has 10 heteroatoms. The molecular weight excluding hydrogens is 482 g/mol. The molecule has 2 aromatic rings. The summed E-state index contributed by atoms with van der Waals surface area (Å²) in [5, 5.41) is 12.6. The van der Waals surface area contributed by atoms with Crippen molar-refractivity contribution >= 4 is 27.5 Å². The summed E-state index contributed by atoms with van der Waals surface area (Å²) >= 11 is 0. The smallest absolute Gasteiger partial charge is 0.228 e. The van der Waals surface area contributed by atoms with Crippen LogP contribution in [0.5, 0.6) is 5.75 Å². The molecule has 1 aliphatic rings. The van der Waals surface area contributed by atoms with Crippen LogP contribution in [0.3, 0.4) is 0 Å². The minimum absolute atomic E-state index is 0.0173. The number of benzene rings is 2. The van der Waals surface area contributed by atoms with Gasteiger partial charge >= 0.3 is 0 Å². The second-order valence-electron chi connectivity index (χ2n) is 9.46. The fourth-order valence-electron chi connectivity index (χ4n) is 4.10. The summed E-state index contributed by atoms with van der Waals surface area (Å²) in [7, 11) is -1.95. The van der Waals surface area contributed by atoms with E-state index in [-0.39, 0.29) is 43.7 Å². The van der Waals surface area contributed by atoms with Gasteiger partial charge in [-0.25, -0.2) is 12.7 Å². The predicted octanol–water partition coefficient (Wildman–Crippen LogP) is 1.91. The van der Waals surface area contributed by atoms with Crippen molar-refractivity contribution in [2.75, 3.05) is 38.3 Å². The Bertz CT molecular complexity index is 1170. The van der Waals surface area contributed by atoms with Crippen molar-refractivity contribution in [3.8, 4) is 5.75 Å². The second-order valence-corrected chi connectivity index (χ2v) is 11.6. The van der Waals surface area contributed by atoms with Crippen LogP contribution in [-0.2, 0) is 32.5 Å². The number of ether oxygens (including phenoxy) is 1. The lowest BCUT2D eigenvalue weighted by atomic mass is 10.0. The van der Waals surface area contributed by atoms with Crippen LogP contribution in [0, 0.1) is 5.92 Å². The maximum absolute atomic E-state index is 13.3. The third kappa shape index (κ3) is 7.28. The van der Waals surface area contributed by atoms with Gasteiger partial charge in [0, 0.05) is 30.8 Å². The average Bonchev–Trinajstić information content (AvgIpc) is 2.86. The molecule has 3 atom stereocenters. The van der Waals surface area contributed by atoms with E-state index >= 15 is 0 Å². The molecule has 2 amide bonds. The number of nitrogens with zero attached hydrogens (tertiary/aromatic N) is 2. The molecule has 0 aromatic heterocycles. The van der Waals surface area contributed by atoms with Gasteiger partial charge in [0.25, 0.3) is 0 Å². The number of aliphatic hydroxyl groups excluding tert-OH is 1. The summed E-state index contributed by atoms with van der Waals surface area (Å²) in [4.78, 5) is 27.4. The maximum atomic E-state index is 13.3. The van der Waals surface area contributed by atoms with Crippen LogP contribution in [-0.4, -0.2) is 79.7 Å². The topological polar surface area (TPSA) is 116 Å². The summed E-state index contributed by atoms with van der Waals surface area (Å²) in [5.74, 6) is -0.128. The molecule has 9 nitrogen and oxygen atoms in total. The zero-order chi connectivity index (χ0) is 26.5. The van der Waals surface area contributed by atoms with Gasteiger partial charge < -0.3 is 20.1 Å². The summed E-state index contributed by atoms with van der Waals surface area (Å²) in [6, 6.07) is 14.1. The number of fused-ring (bicyclic) bond motifs is 1. The lowest BCUT2D eigenvalue weighted by molar-refractivity contribution is -0.134. The molecule has 3 rings (SSSR count). The van der Waals surface area contributed by atoms with Crippen LogP contribution >= 0.6 is 0 Å². The quantitative estimate of drug-likeness (QED) is 0.553. The number of carbonyl (C=O) groups excluding carboxylic acids is 2. The number of hydrogen-bond acceptors (Lipinski definition) is 6. The van der Waals surface area contributed by atoms with Gasteiger partial charge in [0.2, 0.25) is 21.8 Å². The molecule has 0 bridgehead atoms. The molecule has 196 valence electrons. The van der Waals surface area contributed by atoms with Gasteiger partial charge in [0.05, 0.1) is 38.3 Å². The molecular formula is C26H35N3O6S. The molecule has 0 spiro atoms. The molecule has 0 aliphatic carbocycles. The SMILES string of the molecule is C[C@@H]1CN([C@H](C)CO)C(=O)Cc2cc(NC(=O)Cc3ccccc3)ccc2O[C@@H]1CN(C)S(C)(=O)=O. The summed E-state index contributed by atoms with van der Waals surface area (Å²) in [5.41, 5.74) is 2.00. The Balaban J connectivity index is 1.90. The first-order valence-corrected chi connectivity index (χ1v) is 13.8. The van der Waals surface area contributed by atoms with Gasteiger partial charge in [0.1, 0.15) is 11.9 Å². The molecule has 1 heterocycles. The van der Waals surface area contributed by atoms with E-state index in [1.807, 2.05) is 37.3 Å². The Labute approximate surface area is 213 Å². The first-order chi connectivity index (χ1) is 17.0. The Morgan fingerprint density at radius 2 is 1.94 bits per heavy atom. The maximum Gasteiger partial charge on any atom is 0.228 e. The van der Waals surface area contributed by atoms with Crippen molar-refractivity contribution in [3.05, 3.63) is 59.7 Å². The molecule has 0 saturated carbocycles. The van der Waals surface area contributed by atoms with E-state index in [1.54, 1.807) is 30.0 Å². The number of likely N-dealkylation sites (N-methyl/N-ethyl adjacent to an activating group) is 1. The van der Waals surface area contributed by atoms with E-state index in [4.69, 9.17) is 4.74 Å². The van der Waals surface area contributed by atoms with Crippen molar-refractivity contribution in [2.45, 2.75) is 38.8 Å². The van der Waals surface area contributed by atoms with Crippen LogP contribution in [0.15, 0.2) is 48.5 Å². The van der Waals surface area contributed by atoms with Crippen LogP contribution in [0.1, 0.15) is 25.0 Å². The molecule has 0 saturated heterocycles. The summed E-state index contributed by atoms with van der Waals surface area (Å²) < 4.78 is 31.6. The van der Waals surface area contributed by atoms with Gasteiger partial charge in [-0.1, -0.05) is 37.3 Å². The normalized spacial score (nSPS) is 19.5. The third-order valence-corrected chi connectivity index (χ3v) is 7.69. The lowest BCUT2D eigenvalue weighted by Gasteiger charge is -2.33. The number of amides is 2. The van der Waals surface area contributed by atoms with E-state index in [0.717, 1.165) is 11.8 Å². The van der Waals surface area contributed by atoms with Gasteiger partial charge in [0.15, 0.2) is 0 Å². The van der Waals surface area contributed by atoms with Crippen molar-refractivity contribution in [3.63, 3.8) is 0 Å². The first kappa shape index (κ1) is 27.6. The van der Waals surface area contributed by atoms with Crippen molar-refractivity contribution < 1.29 is 27.9 Å². The van der Waals surface area contributed by atoms with Gasteiger partial charge in [-0.3, -0.25) is 9.59 Å². The van der Waals surface area contributed by atoms with E-state index in [1.165, 1.54) is 11.4 Å². The number of anilines is 1. The Kier molecular flexibility index (Phi) is 9.10. The van der Waals surface area contributed by atoms with E-state index in [0.29, 0.717) is 23.5 Å². The highest BCUT2D eigenvalue weighted by Crippen LogP contribution is 2.29. The summed E-state index contributed by atoms with van der Waals surface area (Å²) in [6.07, 6.45) is 0.825. The molecule has 0 fully saturated rings. The van der Waals surface area contributed by atoms with Crippen LogP contribution < -0.4 is 10.1 Å². The van der Waals surface area contributed by atoms with Gasteiger partial charge in [-0.15, -0.1) is 0 Å². The molecule has 2 N–H and O–H groups in total. The number of nitrogens with one attached hydrogen (secondary N) is 1. The van der Waals surface area contributed by atoms with Gasteiger partial charge in [-0.05, 0) is 30.7 Å². The molecule has 2 aromatic carbocycles. The monoisotopic (exact) mass is 517 g/mol. The molecule has 0 unspecified atom stereocenters. The average molecular weight is 518 g/mol. The zero-order valence-corrected chi connectivity index (χ0v) is 22.0. The van der Waals surface area contributed by atoms with Gasteiger partial charge in [-0.2, -0.15) is 0 Å². The zero-order valence-electron chi connectivity index (χ0n) is 21.2. The Morgan fingerprint density at radius 1 is 1.25 bits per heavy atom. The predicted molar refractivity (Wildman–Crippen MR) is 138 cm³/mol. The summed E-state index contributed by atoms with van der Waals surface area (Å²) in [6.45, 7) is 3.87. The fourth-order valence-corrected chi connectivity index (χ4v) is 4.52. The molecule has 1 aliphatic heterocycles. The van der Waals surface area contributed by atoms with E-state index < -0.39 is 22.2 Å². The molecule has 36 heavy (non-hydrogen) atoms. The number of sulfonamides is 1. The van der Waals surface area contributed by atoms with Crippen molar-refractivity contribution in [2.24, 2.45) is 5.92 Å². The van der Waals surface area contributed by atoms with Crippen molar-refractivity contribution in [1.29, 1.82) is 0 Å². The fraction of sp³-hybridized carbons (Fsp3) is 0.462. The largest absolute Gasteiger partial charge is 0.488 e. The van der Waals surface area contributed by atoms with E-state index in [2.05, 4.69) is 5.32 Å². The Morgan fingerprint density at radius 3 is 2.58 bits per heavy atom. The number of hydrogen-bond donors (Lipinski definition) is 2.